The summed E-state index contributed by atoms with van der Waals surface area (Å²) in [7, 11) is 1.99. The zero-order valence-corrected chi connectivity index (χ0v) is 14.6. The number of anilines is 1. The quantitative estimate of drug-likeness (QED) is 0.888. The van der Waals surface area contributed by atoms with Crippen molar-refractivity contribution < 1.29 is 0 Å². The van der Waals surface area contributed by atoms with Gasteiger partial charge in [-0.1, -0.05) is 15.9 Å². The van der Waals surface area contributed by atoms with E-state index in [9.17, 15) is 0 Å². The highest BCUT2D eigenvalue weighted by atomic mass is 79.9. The van der Waals surface area contributed by atoms with Crippen LogP contribution in [0.4, 0.5) is 5.69 Å². The van der Waals surface area contributed by atoms with Crippen LogP contribution in [0.3, 0.4) is 0 Å². The van der Waals surface area contributed by atoms with Crippen LogP contribution in [0.5, 0.6) is 0 Å². The first-order valence-corrected chi connectivity index (χ1v) is 7.64. The minimum Gasteiger partial charge on any atom is -0.378 e. The van der Waals surface area contributed by atoms with Crippen LogP contribution >= 0.6 is 15.9 Å². The Labute approximate surface area is 129 Å². The summed E-state index contributed by atoms with van der Waals surface area (Å²) in [6, 6.07) is 4.59. The zero-order valence-electron chi connectivity index (χ0n) is 13.0. The third-order valence-electron chi connectivity index (χ3n) is 3.82. The fourth-order valence-electron chi connectivity index (χ4n) is 2.77. The molecule has 0 radical (unpaired) electrons. The Morgan fingerprint density at radius 1 is 1.15 bits per heavy atom. The minimum atomic E-state index is 0.240. The Balaban J connectivity index is 2.30. The van der Waals surface area contributed by atoms with Crippen molar-refractivity contribution in [3.05, 3.63) is 44.7 Å². The Morgan fingerprint density at radius 2 is 1.70 bits per heavy atom. The van der Waals surface area contributed by atoms with Gasteiger partial charge in [-0.15, -0.1) is 0 Å². The predicted octanol–water partition coefficient (Wildman–Crippen LogP) is 4.59. The Kier molecular flexibility index (Phi) is 4.23. The van der Waals surface area contributed by atoms with Gasteiger partial charge in [0.1, 0.15) is 0 Å². The van der Waals surface area contributed by atoms with Crippen LogP contribution in [0.1, 0.15) is 41.0 Å². The van der Waals surface area contributed by atoms with Gasteiger partial charge in [0, 0.05) is 28.5 Å². The Bertz CT molecular complexity index is 620. The van der Waals surface area contributed by atoms with Gasteiger partial charge in [0.2, 0.25) is 0 Å². The third kappa shape index (κ3) is 2.75. The van der Waals surface area contributed by atoms with E-state index in [1.807, 2.05) is 11.7 Å². The summed E-state index contributed by atoms with van der Waals surface area (Å²) >= 11 is 3.61. The summed E-state index contributed by atoms with van der Waals surface area (Å²) in [6.45, 7) is 10.6. The maximum Gasteiger partial charge on any atom is 0.0649 e. The number of hydrogen-bond donors (Lipinski definition) is 1. The van der Waals surface area contributed by atoms with E-state index in [0.717, 1.165) is 11.4 Å². The van der Waals surface area contributed by atoms with Crippen LogP contribution in [-0.2, 0) is 7.05 Å². The van der Waals surface area contributed by atoms with E-state index in [1.54, 1.807) is 0 Å². The molecule has 1 heterocycles. The van der Waals surface area contributed by atoms with Gasteiger partial charge in [0.25, 0.3) is 0 Å². The average molecular weight is 336 g/mol. The van der Waals surface area contributed by atoms with Crippen LogP contribution in [0.25, 0.3) is 0 Å². The lowest BCUT2D eigenvalue weighted by molar-refractivity contribution is 0.728. The number of rotatable bonds is 3. The standard InChI is InChI=1S/C16H22BrN3/c1-9-7-14(8-10(2)16(9)17)18-11(3)15-12(4)19-20(6)13(15)5/h7-8,11,18H,1-6H3. The van der Waals surface area contributed by atoms with Gasteiger partial charge in [-0.05, 0) is 57.9 Å². The number of hydrogen-bond acceptors (Lipinski definition) is 2. The lowest BCUT2D eigenvalue weighted by Crippen LogP contribution is -2.09. The SMILES string of the molecule is Cc1cc(NC(C)c2c(C)nn(C)c2C)cc(C)c1Br. The van der Waals surface area contributed by atoms with Crippen molar-refractivity contribution in [1.82, 2.24) is 9.78 Å². The van der Waals surface area contributed by atoms with Crippen LogP contribution in [0.15, 0.2) is 16.6 Å². The van der Waals surface area contributed by atoms with Crippen molar-refractivity contribution in [1.29, 1.82) is 0 Å². The molecule has 0 amide bonds. The molecule has 0 saturated heterocycles. The molecule has 1 aromatic heterocycles. The molecule has 0 bridgehead atoms. The molecule has 3 nitrogen and oxygen atoms in total. The second-order valence-corrected chi connectivity index (χ2v) is 6.29. The summed E-state index contributed by atoms with van der Waals surface area (Å²) in [5, 5.41) is 8.08. The van der Waals surface area contributed by atoms with Crippen molar-refractivity contribution in [3.8, 4) is 0 Å². The molecule has 2 rings (SSSR count). The maximum atomic E-state index is 4.49. The molecule has 0 aliphatic heterocycles. The molecule has 0 saturated carbocycles. The fourth-order valence-corrected chi connectivity index (χ4v) is 3.00. The molecule has 0 fully saturated rings. The zero-order chi connectivity index (χ0) is 15.0. The first-order valence-electron chi connectivity index (χ1n) is 6.84. The van der Waals surface area contributed by atoms with Crippen LogP contribution in [0, 0.1) is 27.7 Å². The van der Waals surface area contributed by atoms with E-state index in [1.165, 1.54) is 26.9 Å². The van der Waals surface area contributed by atoms with Crippen molar-refractivity contribution in [2.45, 2.75) is 40.7 Å². The number of aromatic nitrogens is 2. The fraction of sp³-hybridized carbons (Fsp3) is 0.438. The van der Waals surface area contributed by atoms with Gasteiger partial charge in [-0.25, -0.2) is 0 Å². The number of benzene rings is 1. The topological polar surface area (TPSA) is 29.9 Å². The van der Waals surface area contributed by atoms with Crippen molar-refractivity contribution >= 4 is 21.6 Å². The monoisotopic (exact) mass is 335 g/mol. The van der Waals surface area contributed by atoms with Crippen molar-refractivity contribution in [3.63, 3.8) is 0 Å². The molecule has 1 unspecified atom stereocenters. The van der Waals surface area contributed by atoms with E-state index < -0.39 is 0 Å². The van der Waals surface area contributed by atoms with Crippen LogP contribution < -0.4 is 5.32 Å². The first kappa shape index (κ1) is 15.1. The molecule has 1 N–H and O–H groups in total. The van der Waals surface area contributed by atoms with E-state index in [0.29, 0.717) is 0 Å². The molecular weight excluding hydrogens is 314 g/mol. The van der Waals surface area contributed by atoms with E-state index in [2.05, 4.69) is 73.1 Å². The molecule has 0 aliphatic rings. The maximum absolute atomic E-state index is 4.49. The predicted molar refractivity (Wildman–Crippen MR) is 88.3 cm³/mol. The molecule has 108 valence electrons. The van der Waals surface area contributed by atoms with E-state index in [4.69, 9.17) is 0 Å². The Morgan fingerprint density at radius 3 is 2.15 bits per heavy atom. The highest BCUT2D eigenvalue weighted by Gasteiger charge is 2.16. The molecule has 1 atom stereocenters. The summed E-state index contributed by atoms with van der Waals surface area (Å²) in [5.74, 6) is 0. The molecule has 20 heavy (non-hydrogen) atoms. The molecule has 0 aliphatic carbocycles. The number of nitrogens with zero attached hydrogens (tertiary/aromatic N) is 2. The molecule has 2 aromatic rings. The Hall–Kier alpha value is -1.29. The van der Waals surface area contributed by atoms with Crippen molar-refractivity contribution in [2.24, 2.45) is 7.05 Å². The number of nitrogens with one attached hydrogen (secondary N) is 1. The van der Waals surface area contributed by atoms with Gasteiger partial charge >= 0.3 is 0 Å². The van der Waals surface area contributed by atoms with Gasteiger partial charge in [-0.3, -0.25) is 4.68 Å². The second kappa shape index (κ2) is 5.60. The summed E-state index contributed by atoms with van der Waals surface area (Å²) < 4.78 is 3.13. The van der Waals surface area contributed by atoms with Gasteiger partial charge < -0.3 is 5.32 Å². The van der Waals surface area contributed by atoms with E-state index in [-0.39, 0.29) is 6.04 Å². The number of aryl methyl sites for hydroxylation is 4. The second-order valence-electron chi connectivity index (χ2n) is 5.50. The summed E-state index contributed by atoms with van der Waals surface area (Å²) in [6.07, 6.45) is 0. The smallest absolute Gasteiger partial charge is 0.0649 e. The highest BCUT2D eigenvalue weighted by Crippen LogP contribution is 2.29. The molecule has 0 spiro atoms. The lowest BCUT2D eigenvalue weighted by Gasteiger charge is -2.18. The highest BCUT2D eigenvalue weighted by molar-refractivity contribution is 9.10. The molecule has 1 aromatic carbocycles. The van der Waals surface area contributed by atoms with Crippen molar-refractivity contribution in [2.75, 3.05) is 5.32 Å². The normalized spacial score (nSPS) is 12.6. The van der Waals surface area contributed by atoms with Gasteiger partial charge in [-0.2, -0.15) is 5.10 Å². The van der Waals surface area contributed by atoms with E-state index >= 15 is 0 Å². The molecular formula is C16H22BrN3. The lowest BCUT2D eigenvalue weighted by atomic mass is 10.1. The average Bonchev–Trinajstić information content (AvgIpc) is 2.60. The first-order chi connectivity index (χ1) is 9.31. The summed E-state index contributed by atoms with van der Waals surface area (Å²) in [5.41, 5.74) is 7.24. The van der Waals surface area contributed by atoms with Crippen LogP contribution in [0.2, 0.25) is 0 Å². The van der Waals surface area contributed by atoms with Gasteiger partial charge in [0.15, 0.2) is 0 Å². The largest absolute Gasteiger partial charge is 0.378 e. The van der Waals surface area contributed by atoms with Gasteiger partial charge in [0.05, 0.1) is 11.7 Å². The van der Waals surface area contributed by atoms with Crippen LogP contribution in [-0.4, -0.2) is 9.78 Å². The number of halogens is 1. The minimum absolute atomic E-state index is 0.240. The third-order valence-corrected chi connectivity index (χ3v) is 5.07. The summed E-state index contributed by atoms with van der Waals surface area (Å²) in [4.78, 5) is 0. The molecule has 4 heteroatoms.